The second-order valence-corrected chi connectivity index (χ2v) is 6.39. The van der Waals surface area contributed by atoms with Crippen molar-refractivity contribution in [3.05, 3.63) is 52.6 Å². The Morgan fingerprint density at radius 1 is 1.26 bits per heavy atom. The number of nitrogens with one attached hydrogen (secondary N) is 2. The van der Waals surface area contributed by atoms with E-state index >= 15 is 0 Å². The number of carbonyl (C=O) groups is 1. The van der Waals surface area contributed by atoms with Crippen molar-refractivity contribution in [2.75, 3.05) is 32.5 Å². The summed E-state index contributed by atoms with van der Waals surface area (Å²) in [5.74, 6) is 0.562. The zero-order valence-electron chi connectivity index (χ0n) is 13.3. The highest BCUT2D eigenvalue weighted by atomic mass is 79.9. The Labute approximate surface area is 145 Å². The van der Waals surface area contributed by atoms with Crippen LogP contribution in [0.1, 0.15) is 16.8 Å². The maximum atomic E-state index is 12.2. The SMILES string of the molecule is CN(C)CCCNC(=O)c1ccnc(Nc2cccc(Br)c2)c1. The van der Waals surface area contributed by atoms with Crippen molar-refractivity contribution in [3.8, 4) is 0 Å². The summed E-state index contributed by atoms with van der Waals surface area (Å²) in [6, 6.07) is 11.3. The smallest absolute Gasteiger partial charge is 0.251 e. The van der Waals surface area contributed by atoms with E-state index in [0.717, 1.165) is 23.1 Å². The van der Waals surface area contributed by atoms with Crippen molar-refractivity contribution >= 4 is 33.3 Å². The van der Waals surface area contributed by atoms with Gasteiger partial charge in [-0.25, -0.2) is 4.98 Å². The van der Waals surface area contributed by atoms with Gasteiger partial charge in [-0.2, -0.15) is 0 Å². The number of rotatable bonds is 7. The Morgan fingerprint density at radius 2 is 2.09 bits per heavy atom. The average Bonchev–Trinajstić information content (AvgIpc) is 2.51. The molecule has 122 valence electrons. The van der Waals surface area contributed by atoms with Gasteiger partial charge >= 0.3 is 0 Å². The summed E-state index contributed by atoms with van der Waals surface area (Å²) in [7, 11) is 4.04. The first kappa shape index (κ1) is 17.4. The predicted molar refractivity (Wildman–Crippen MR) is 97.2 cm³/mol. The fourth-order valence-electron chi connectivity index (χ4n) is 2.05. The van der Waals surface area contributed by atoms with Crippen molar-refractivity contribution in [2.45, 2.75) is 6.42 Å². The highest BCUT2D eigenvalue weighted by molar-refractivity contribution is 9.10. The first-order valence-electron chi connectivity index (χ1n) is 7.46. The van der Waals surface area contributed by atoms with Gasteiger partial charge < -0.3 is 15.5 Å². The summed E-state index contributed by atoms with van der Waals surface area (Å²) >= 11 is 3.43. The van der Waals surface area contributed by atoms with Crippen LogP contribution in [0.15, 0.2) is 47.1 Å². The van der Waals surface area contributed by atoms with Crippen LogP contribution in [-0.2, 0) is 0 Å². The number of aromatic nitrogens is 1. The van der Waals surface area contributed by atoms with Crippen LogP contribution in [0.25, 0.3) is 0 Å². The quantitative estimate of drug-likeness (QED) is 0.728. The van der Waals surface area contributed by atoms with Gasteiger partial charge in [-0.05, 0) is 57.4 Å². The van der Waals surface area contributed by atoms with Crippen molar-refractivity contribution in [3.63, 3.8) is 0 Å². The van der Waals surface area contributed by atoms with E-state index in [1.165, 1.54) is 0 Å². The number of anilines is 2. The second-order valence-electron chi connectivity index (χ2n) is 5.48. The van der Waals surface area contributed by atoms with Crippen LogP contribution in [0.5, 0.6) is 0 Å². The topological polar surface area (TPSA) is 57.3 Å². The van der Waals surface area contributed by atoms with Gasteiger partial charge in [0.1, 0.15) is 5.82 Å². The molecule has 0 radical (unpaired) electrons. The van der Waals surface area contributed by atoms with Crippen molar-refractivity contribution in [2.24, 2.45) is 0 Å². The molecule has 0 aliphatic rings. The lowest BCUT2D eigenvalue weighted by atomic mass is 10.2. The number of hydrogen-bond acceptors (Lipinski definition) is 4. The van der Waals surface area contributed by atoms with Gasteiger partial charge in [0.2, 0.25) is 0 Å². The predicted octanol–water partition coefficient (Wildman–Crippen LogP) is 3.27. The summed E-state index contributed by atoms with van der Waals surface area (Å²) < 4.78 is 0.984. The Bertz CT molecular complexity index is 661. The van der Waals surface area contributed by atoms with Crippen molar-refractivity contribution in [1.82, 2.24) is 15.2 Å². The average molecular weight is 377 g/mol. The molecule has 0 aliphatic heterocycles. The van der Waals surface area contributed by atoms with Crippen molar-refractivity contribution < 1.29 is 4.79 Å². The van der Waals surface area contributed by atoms with Gasteiger partial charge in [0, 0.05) is 28.5 Å². The van der Waals surface area contributed by atoms with Crippen LogP contribution in [0.4, 0.5) is 11.5 Å². The first-order valence-corrected chi connectivity index (χ1v) is 8.25. The Kier molecular flexibility index (Phi) is 6.55. The van der Waals surface area contributed by atoms with Crippen LogP contribution in [0, 0.1) is 0 Å². The monoisotopic (exact) mass is 376 g/mol. The molecule has 2 N–H and O–H groups in total. The number of pyridine rings is 1. The second kappa shape index (κ2) is 8.64. The Hall–Kier alpha value is -1.92. The van der Waals surface area contributed by atoms with E-state index in [4.69, 9.17) is 0 Å². The molecule has 0 aliphatic carbocycles. The molecule has 1 aromatic heterocycles. The van der Waals surface area contributed by atoms with Gasteiger partial charge in [-0.3, -0.25) is 4.79 Å². The molecule has 0 saturated heterocycles. The fourth-order valence-corrected chi connectivity index (χ4v) is 2.45. The van der Waals surface area contributed by atoms with Crippen LogP contribution in [-0.4, -0.2) is 43.0 Å². The highest BCUT2D eigenvalue weighted by Crippen LogP contribution is 2.19. The van der Waals surface area contributed by atoms with E-state index in [2.05, 4.69) is 36.4 Å². The lowest BCUT2D eigenvalue weighted by molar-refractivity contribution is 0.0952. The van der Waals surface area contributed by atoms with Gasteiger partial charge in [-0.15, -0.1) is 0 Å². The van der Waals surface area contributed by atoms with E-state index < -0.39 is 0 Å². The van der Waals surface area contributed by atoms with E-state index in [1.807, 2.05) is 38.4 Å². The molecule has 0 saturated carbocycles. The molecular weight excluding hydrogens is 356 g/mol. The van der Waals surface area contributed by atoms with E-state index in [-0.39, 0.29) is 5.91 Å². The third kappa shape index (κ3) is 6.00. The standard InChI is InChI=1S/C17H21BrN4O/c1-22(2)10-4-8-20-17(23)13-7-9-19-16(11-13)21-15-6-3-5-14(18)12-15/h3,5-7,9,11-12H,4,8,10H2,1-2H3,(H,19,21)(H,20,23). The van der Waals surface area contributed by atoms with Gasteiger partial charge in [-0.1, -0.05) is 22.0 Å². The first-order chi connectivity index (χ1) is 11.0. The molecule has 1 heterocycles. The molecule has 1 amide bonds. The highest BCUT2D eigenvalue weighted by Gasteiger charge is 2.07. The summed E-state index contributed by atoms with van der Waals surface area (Å²) in [5, 5.41) is 6.12. The molecule has 6 heteroatoms. The molecular formula is C17H21BrN4O. The largest absolute Gasteiger partial charge is 0.352 e. The lowest BCUT2D eigenvalue weighted by Gasteiger charge is -2.10. The fraction of sp³-hybridized carbons (Fsp3) is 0.294. The minimum Gasteiger partial charge on any atom is -0.352 e. The molecule has 2 aromatic rings. The molecule has 0 bridgehead atoms. The lowest BCUT2D eigenvalue weighted by Crippen LogP contribution is -2.27. The normalized spacial score (nSPS) is 10.6. The molecule has 0 spiro atoms. The molecule has 0 unspecified atom stereocenters. The third-order valence-corrected chi connectivity index (χ3v) is 3.68. The van der Waals surface area contributed by atoms with Crippen LogP contribution in [0.2, 0.25) is 0 Å². The van der Waals surface area contributed by atoms with Crippen LogP contribution in [0.3, 0.4) is 0 Å². The minimum atomic E-state index is -0.0801. The third-order valence-electron chi connectivity index (χ3n) is 3.19. The van der Waals surface area contributed by atoms with Crippen LogP contribution >= 0.6 is 15.9 Å². The van der Waals surface area contributed by atoms with E-state index in [1.54, 1.807) is 18.3 Å². The molecule has 5 nitrogen and oxygen atoms in total. The number of hydrogen-bond donors (Lipinski definition) is 2. The van der Waals surface area contributed by atoms with Gasteiger partial charge in [0.25, 0.3) is 5.91 Å². The zero-order valence-corrected chi connectivity index (χ0v) is 14.9. The number of amides is 1. The maximum Gasteiger partial charge on any atom is 0.251 e. The molecule has 0 fully saturated rings. The summed E-state index contributed by atoms with van der Waals surface area (Å²) in [6.45, 7) is 1.61. The molecule has 0 atom stereocenters. The Balaban J connectivity index is 1.95. The van der Waals surface area contributed by atoms with Crippen LogP contribution < -0.4 is 10.6 Å². The molecule has 1 aromatic carbocycles. The van der Waals surface area contributed by atoms with Gasteiger partial charge in [0.15, 0.2) is 0 Å². The van der Waals surface area contributed by atoms with Crippen molar-refractivity contribution in [1.29, 1.82) is 0 Å². The Morgan fingerprint density at radius 3 is 2.83 bits per heavy atom. The molecule has 23 heavy (non-hydrogen) atoms. The van der Waals surface area contributed by atoms with E-state index in [9.17, 15) is 4.79 Å². The summed E-state index contributed by atoms with van der Waals surface area (Å²) in [5.41, 5.74) is 1.51. The summed E-state index contributed by atoms with van der Waals surface area (Å²) in [4.78, 5) is 18.5. The van der Waals surface area contributed by atoms with Gasteiger partial charge in [0.05, 0.1) is 0 Å². The van der Waals surface area contributed by atoms with E-state index in [0.29, 0.717) is 17.9 Å². The summed E-state index contributed by atoms with van der Waals surface area (Å²) in [6.07, 6.45) is 2.56. The zero-order chi connectivity index (χ0) is 16.7. The molecule has 2 rings (SSSR count). The number of nitrogens with zero attached hydrogens (tertiary/aromatic N) is 2. The number of benzene rings is 1. The maximum absolute atomic E-state index is 12.2. The number of carbonyl (C=O) groups excluding carboxylic acids is 1. The minimum absolute atomic E-state index is 0.0801. The number of halogens is 1.